The maximum absolute atomic E-state index is 12.2. The lowest BCUT2D eigenvalue weighted by Crippen LogP contribution is -2.35. The molecule has 90 valence electrons. The molecule has 4 nitrogen and oxygen atoms in total. The first-order valence-corrected chi connectivity index (χ1v) is 5.88. The number of carbonyl (C=O) groups is 2. The van der Waals surface area contributed by atoms with Crippen LogP contribution in [0.4, 0.5) is 5.69 Å². The molecule has 1 aromatic carbocycles. The van der Waals surface area contributed by atoms with Gasteiger partial charge in [-0.15, -0.1) is 0 Å². The molecule has 0 atom stereocenters. The maximum atomic E-state index is 12.2. The Labute approximate surface area is 105 Å². The molecular weight excluding hydrogens is 240 g/mol. The fraction of sp³-hybridized carbons (Fsp3) is 0.333. The van der Waals surface area contributed by atoms with Crippen molar-refractivity contribution < 1.29 is 9.59 Å². The van der Waals surface area contributed by atoms with Gasteiger partial charge in [-0.1, -0.05) is 18.5 Å². The Hall–Kier alpha value is -1.55. The number of halogens is 1. The summed E-state index contributed by atoms with van der Waals surface area (Å²) in [6.07, 6.45) is 0.814. The molecule has 0 spiro atoms. The van der Waals surface area contributed by atoms with Gasteiger partial charge in [0.25, 0.3) is 5.91 Å². The predicted octanol–water partition coefficient (Wildman–Crippen LogP) is 2.14. The van der Waals surface area contributed by atoms with Crippen LogP contribution in [-0.2, 0) is 4.79 Å². The van der Waals surface area contributed by atoms with Crippen molar-refractivity contribution >= 4 is 29.1 Å². The van der Waals surface area contributed by atoms with Crippen LogP contribution in [0.2, 0.25) is 5.02 Å². The normalized spacial score (nSPS) is 15.3. The number of hydrogen-bond donors (Lipinski definition) is 1. The molecule has 0 saturated carbocycles. The molecule has 1 N–H and O–H groups in total. The standard InChI is InChI=1S/C12H13ClN2O2/c1-2-5-15-7-11(16)14-10-4-3-8(13)6-9(10)12(15)17/h3-4,6H,2,5,7H2,1H3,(H,14,16). The van der Waals surface area contributed by atoms with Crippen LogP contribution in [0.3, 0.4) is 0 Å². The van der Waals surface area contributed by atoms with Gasteiger partial charge in [0.05, 0.1) is 11.3 Å². The highest BCUT2D eigenvalue weighted by Gasteiger charge is 2.25. The molecule has 5 heteroatoms. The second kappa shape index (κ2) is 4.75. The molecule has 0 aliphatic carbocycles. The fourth-order valence-corrected chi connectivity index (χ4v) is 2.03. The third-order valence-corrected chi connectivity index (χ3v) is 2.84. The van der Waals surface area contributed by atoms with Gasteiger partial charge >= 0.3 is 0 Å². The van der Waals surface area contributed by atoms with Crippen molar-refractivity contribution in [1.82, 2.24) is 4.90 Å². The monoisotopic (exact) mass is 252 g/mol. The molecule has 0 bridgehead atoms. The van der Waals surface area contributed by atoms with E-state index in [1.807, 2.05) is 6.92 Å². The van der Waals surface area contributed by atoms with Crippen molar-refractivity contribution in [2.45, 2.75) is 13.3 Å². The molecule has 0 radical (unpaired) electrons. The number of nitrogens with one attached hydrogen (secondary N) is 1. The lowest BCUT2D eigenvalue weighted by Gasteiger charge is -2.18. The molecule has 0 saturated heterocycles. The molecule has 17 heavy (non-hydrogen) atoms. The van der Waals surface area contributed by atoms with Crippen molar-refractivity contribution in [3.05, 3.63) is 28.8 Å². The van der Waals surface area contributed by atoms with Crippen LogP contribution in [0.5, 0.6) is 0 Å². The zero-order chi connectivity index (χ0) is 12.4. The van der Waals surface area contributed by atoms with Gasteiger partial charge < -0.3 is 10.2 Å². The van der Waals surface area contributed by atoms with Gasteiger partial charge in [-0.25, -0.2) is 0 Å². The molecule has 0 aromatic heterocycles. The Morgan fingerprint density at radius 3 is 2.88 bits per heavy atom. The molecule has 1 aliphatic rings. The second-order valence-electron chi connectivity index (χ2n) is 3.96. The van der Waals surface area contributed by atoms with E-state index in [0.29, 0.717) is 22.8 Å². The van der Waals surface area contributed by atoms with E-state index in [-0.39, 0.29) is 18.4 Å². The summed E-state index contributed by atoms with van der Waals surface area (Å²) in [5.41, 5.74) is 0.986. The molecule has 0 unspecified atom stereocenters. The van der Waals surface area contributed by atoms with E-state index in [9.17, 15) is 9.59 Å². The largest absolute Gasteiger partial charge is 0.329 e. The second-order valence-corrected chi connectivity index (χ2v) is 4.40. The first kappa shape index (κ1) is 11.9. The van der Waals surface area contributed by atoms with Gasteiger partial charge in [-0.2, -0.15) is 0 Å². The molecule has 2 rings (SSSR count). The predicted molar refractivity (Wildman–Crippen MR) is 66.3 cm³/mol. The average molecular weight is 253 g/mol. The summed E-state index contributed by atoms with van der Waals surface area (Å²) < 4.78 is 0. The third-order valence-electron chi connectivity index (χ3n) is 2.60. The van der Waals surface area contributed by atoms with E-state index >= 15 is 0 Å². The van der Waals surface area contributed by atoms with Gasteiger partial charge in [0.1, 0.15) is 6.54 Å². The number of rotatable bonds is 2. The number of carbonyl (C=O) groups excluding carboxylic acids is 2. The van der Waals surface area contributed by atoms with Crippen LogP contribution in [-0.4, -0.2) is 29.8 Å². The molecule has 2 amide bonds. The Bertz CT molecular complexity index is 474. The Kier molecular flexibility index (Phi) is 3.33. The maximum Gasteiger partial charge on any atom is 0.256 e. The highest BCUT2D eigenvalue weighted by molar-refractivity contribution is 6.31. The molecule has 1 heterocycles. The smallest absolute Gasteiger partial charge is 0.256 e. The van der Waals surface area contributed by atoms with Crippen molar-refractivity contribution in [3.8, 4) is 0 Å². The van der Waals surface area contributed by atoms with E-state index in [0.717, 1.165) is 6.42 Å². The van der Waals surface area contributed by atoms with Gasteiger partial charge in [0, 0.05) is 11.6 Å². The van der Waals surface area contributed by atoms with Crippen molar-refractivity contribution in [2.75, 3.05) is 18.4 Å². The number of anilines is 1. The van der Waals surface area contributed by atoms with E-state index in [1.165, 1.54) is 4.90 Å². The van der Waals surface area contributed by atoms with Crippen molar-refractivity contribution in [3.63, 3.8) is 0 Å². The molecule has 0 fully saturated rings. The van der Waals surface area contributed by atoms with Crippen LogP contribution in [0.15, 0.2) is 18.2 Å². The third kappa shape index (κ3) is 2.42. The lowest BCUT2D eigenvalue weighted by molar-refractivity contribution is -0.116. The van der Waals surface area contributed by atoms with Gasteiger partial charge in [0.15, 0.2) is 0 Å². The fourth-order valence-electron chi connectivity index (χ4n) is 1.86. The number of hydrogen-bond acceptors (Lipinski definition) is 2. The Morgan fingerprint density at radius 2 is 2.18 bits per heavy atom. The van der Waals surface area contributed by atoms with Crippen LogP contribution in [0.1, 0.15) is 23.7 Å². The zero-order valence-corrected chi connectivity index (χ0v) is 10.3. The SMILES string of the molecule is CCCN1CC(=O)Nc2ccc(Cl)cc2C1=O. The Morgan fingerprint density at radius 1 is 1.41 bits per heavy atom. The number of amides is 2. The first-order chi connectivity index (χ1) is 8.11. The van der Waals surface area contributed by atoms with Crippen LogP contribution >= 0.6 is 11.6 Å². The topological polar surface area (TPSA) is 49.4 Å². The summed E-state index contributed by atoms with van der Waals surface area (Å²) in [5.74, 6) is -0.324. The van der Waals surface area contributed by atoms with E-state index < -0.39 is 0 Å². The minimum Gasteiger partial charge on any atom is -0.329 e. The molecule has 1 aliphatic heterocycles. The number of nitrogens with zero attached hydrogens (tertiary/aromatic N) is 1. The minimum atomic E-state index is -0.173. The summed E-state index contributed by atoms with van der Waals surface area (Å²) in [7, 11) is 0. The number of benzene rings is 1. The summed E-state index contributed by atoms with van der Waals surface area (Å²) in [6, 6.07) is 4.90. The highest BCUT2D eigenvalue weighted by atomic mass is 35.5. The summed E-state index contributed by atoms with van der Waals surface area (Å²) in [6.45, 7) is 2.63. The molecular formula is C12H13ClN2O2. The van der Waals surface area contributed by atoms with E-state index in [2.05, 4.69) is 5.32 Å². The first-order valence-electron chi connectivity index (χ1n) is 5.50. The summed E-state index contributed by atoms with van der Waals surface area (Å²) in [4.78, 5) is 25.4. The van der Waals surface area contributed by atoms with Gasteiger partial charge in [-0.05, 0) is 24.6 Å². The van der Waals surface area contributed by atoms with Crippen LogP contribution in [0.25, 0.3) is 0 Å². The van der Waals surface area contributed by atoms with E-state index in [1.54, 1.807) is 18.2 Å². The summed E-state index contributed by atoms with van der Waals surface area (Å²) in [5, 5.41) is 3.20. The van der Waals surface area contributed by atoms with Crippen LogP contribution < -0.4 is 5.32 Å². The lowest BCUT2D eigenvalue weighted by atomic mass is 10.1. The minimum absolute atomic E-state index is 0.0962. The highest BCUT2D eigenvalue weighted by Crippen LogP contribution is 2.24. The zero-order valence-electron chi connectivity index (χ0n) is 9.50. The van der Waals surface area contributed by atoms with E-state index in [4.69, 9.17) is 11.6 Å². The Balaban J connectivity index is 2.43. The van der Waals surface area contributed by atoms with Crippen molar-refractivity contribution in [2.24, 2.45) is 0 Å². The van der Waals surface area contributed by atoms with Gasteiger partial charge in [-0.3, -0.25) is 9.59 Å². The summed E-state index contributed by atoms with van der Waals surface area (Å²) >= 11 is 5.87. The van der Waals surface area contributed by atoms with Crippen molar-refractivity contribution in [1.29, 1.82) is 0 Å². The number of fused-ring (bicyclic) bond motifs is 1. The quantitative estimate of drug-likeness (QED) is 0.877. The average Bonchev–Trinajstić information content (AvgIpc) is 2.39. The molecule has 1 aromatic rings. The van der Waals surface area contributed by atoms with Gasteiger partial charge in [0.2, 0.25) is 5.91 Å². The van der Waals surface area contributed by atoms with Crippen LogP contribution in [0, 0.1) is 0 Å².